The van der Waals surface area contributed by atoms with Crippen LogP contribution in [0.4, 0.5) is 9.18 Å². The molecule has 0 fully saturated rings. The third-order valence-electron chi connectivity index (χ3n) is 2.98. The summed E-state index contributed by atoms with van der Waals surface area (Å²) in [6.07, 6.45) is 0.674. The SMILES string of the molecule is O=C(NCCc1ccc(O)cc1)NCc1cccc(F)c1. The van der Waals surface area contributed by atoms with Gasteiger partial charge in [-0.25, -0.2) is 9.18 Å². The normalized spacial score (nSPS) is 10.1. The van der Waals surface area contributed by atoms with Crippen molar-refractivity contribution in [2.45, 2.75) is 13.0 Å². The highest BCUT2D eigenvalue weighted by Crippen LogP contribution is 2.09. The summed E-state index contributed by atoms with van der Waals surface area (Å²) in [5, 5.41) is 14.6. The smallest absolute Gasteiger partial charge is 0.315 e. The van der Waals surface area contributed by atoms with Gasteiger partial charge in [0.05, 0.1) is 0 Å². The Labute approximate surface area is 122 Å². The summed E-state index contributed by atoms with van der Waals surface area (Å²) >= 11 is 0. The second kappa shape index (κ2) is 7.28. The zero-order valence-corrected chi connectivity index (χ0v) is 11.5. The van der Waals surface area contributed by atoms with E-state index < -0.39 is 0 Å². The molecule has 0 atom stereocenters. The molecule has 2 aromatic carbocycles. The minimum Gasteiger partial charge on any atom is -0.508 e. The van der Waals surface area contributed by atoms with Crippen LogP contribution in [-0.2, 0) is 13.0 Å². The van der Waals surface area contributed by atoms with Crippen LogP contribution in [0.3, 0.4) is 0 Å². The summed E-state index contributed by atoms with van der Waals surface area (Å²) in [6.45, 7) is 0.766. The van der Waals surface area contributed by atoms with Crippen molar-refractivity contribution in [3.63, 3.8) is 0 Å². The maximum atomic E-state index is 13.0. The molecule has 0 aliphatic carbocycles. The van der Waals surface area contributed by atoms with Crippen LogP contribution in [0.15, 0.2) is 48.5 Å². The lowest BCUT2D eigenvalue weighted by Gasteiger charge is -2.08. The molecule has 0 spiro atoms. The molecule has 0 aromatic heterocycles. The van der Waals surface area contributed by atoms with Gasteiger partial charge in [-0.15, -0.1) is 0 Å². The van der Waals surface area contributed by atoms with E-state index in [1.54, 1.807) is 24.3 Å². The Bertz CT molecular complexity index is 599. The highest BCUT2D eigenvalue weighted by Gasteiger charge is 2.01. The number of urea groups is 1. The minimum absolute atomic E-state index is 0.222. The summed E-state index contributed by atoms with van der Waals surface area (Å²) in [4.78, 5) is 11.6. The molecule has 0 heterocycles. The number of hydrogen-bond donors (Lipinski definition) is 3. The molecular weight excluding hydrogens is 271 g/mol. The maximum absolute atomic E-state index is 13.0. The molecule has 0 unspecified atom stereocenters. The number of amides is 2. The summed E-state index contributed by atoms with van der Waals surface area (Å²) in [5.41, 5.74) is 1.74. The molecule has 110 valence electrons. The number of carbonyl (C=O) groups excluding carboxylic acids is 1. The Balaban J connectivity index is 1.69. The van der Waals surface area contributed by atoms with Gasteiger partial charge in [0, 0.05) is 13.1 Å². The molecule has 2 amide bonds. The number of phenols is 1. The summed E-state index contributed by atoms with van der Waals surface area (Å²) in [6, 6.07) is 12.6. The standard InChI is InChI=1S/C16H17FN2O2/c17-14-3-1-2-13(10-14)11-19-16(21)18-9-8-12-4-6-15(20)7-5-12/h1-7,10,20H,8-9,11H2,(H2,18,19,21). The molecule has 0 aliphatic rings. The number of nitrogens with one attached hydrogen (secondary N) is 2. The fraction of sp³-hybridized carbons (Fsp3) is 0.188. The van der Waals surface area contributed by atoms with Crippen LogP contribution in [0.5, 0.6) is 5.75 Å². The van der Waals surface area contributed by atoms with Crippen molar-refractivity contribution in [2.75, 3.05) is 6.54 Å². The van der Waals surface area contributed by atoms with E-state index in [-0.39, 0.29) is 24.1 Å². The van der Waals surface area contributed by atoms with Crippen LogP contribution in [0.2, 0.25) is 0 Å². The first-order valence-electron chi connectivity index (χ1n) is 6.67. The molecule has 2 rings (SSSR count). The van der Waals surface area contributed by atoms with Crippen LogP contribution in [0.1, 0.15) is 11.1 Å². The van der Waals surface area contributed by atoms with Gasteiger partial charge in [0.15, 0.2) is 0 Å². The van der Waals surface area contributed by atoms with Gasteiger partial charge in [-0.2, -0.15) is 0 Å². The van der Waals surface area contributed by atoms with Crippen LogP contribution in [-0.4, -0.2) is 17.7 Å². The largest absolute Gasteiger partial charge is 0.508 e. The Morgan fingerprint density at radius 1 is 1.05 bits per heavy atom. The molecule has 2 aromatic rings. The number of carbonyl (C=O) groups is 1. The fourth-order valence-corrected chi connectivity index (χ4v) is 1.87. The van der Waals surface area contributed by atoms with E-state index in [1.165, 1.54) is 12.1 Å². The van der Waals surface area contributed by atoms with Crippen molar-refractivity contribution in [1.29, 1.82) is 0 Å². The predicted octanol–water partition coefficient (Wildman–Crippen LogP) is 2.57. The molecule has 0 saturated heterocycles. The van der Waals surface area contributed by atoms with Gasteiger partial charge in [0.1, 0.15) is 11.6 Å². The highest BCUT2D eigenvalue weighted by atomic mass is 19.1. The van der Waals surface area contributed by atoms with Crippen molar-refractivity contribution in [3.05, 3.63) is 65.5 Å². The van der Waals surface area contributed by atoms with Crippen LogP contribution in [0.25, 0.3) is 0 Å². The molecule has 4 nitrogen and oxygen atoms in total. The third kappa shape index (κ3) is 5.14. The molecule has 21 heavy (non-hydrogen) atoms. The van der Waals surface area contributed by atoms with Crippen LogP contribution in [0, 0.1) is 5.82 Å². The molecular formula is C16H17FN2O2. The quantitative estimate of drug-likeness (QED) is 0.792. The first-order valence-corrected chi connectivity index (χ1v) is 6.67. The third-order valence-corrected chi connectivity index (χ3v) is 2.98. The Morgan fingerprint density at radius 2 is 1.81 bits per heavy atom. The lowest BCUT2D eigenvalue weighted by Crippen LogP contribution is -2.36. The highest BCUT2D eigenvalue weighted by molar-refractivity contribution is 5.73. The first-order chi connectivity index (χ1) is 10.1. The van der Waals surface area contributed by atoms with Gasteiger partial charge < -0.3 is 15.7 Å². The van der Waals surface area contributed by atoms with Crippen LogP contribution < -0.4 is 10.6 Å². The lowest BCUT2D eigenvalue weighted by atomic mass is 10.1. The molecule has 3 N–H and O–H groups in total. The van der Waals surface area contributed by atoms with Crippen molar-refractivity contribution < 1.29 is 14.3 Å². The number of phenolic OH excluding ortho intramolecular Hbond substituents is 1. The Kier molecular flexibility index (Phi) is 5.15. The number of aromatic hydroxyl groups is 1. The second-order valence-electron chi connectivity index (χ2n) is 4.66. The van der Waals surface area contributed by atoms with Crippen molar-refractivity contribution >= 4 is 6.03 Å². The first kappa shape index (κ1) is 14.8. The molecule has 0 radical (unpaired) electrons. The van der Waals surface area contributed by atoms with E-state index in [4.69, 9.17) is 5.11 Å². The molecule has 0 bridgehead atoms. The van der Waals surface area contributed by atoms with E-state index in [0.29, 0.717) is 18.5 Å². The molecule has 5 heteroatoms. The van der Waals surface area contributed by atoms with E-state index in [1.807, 2.05) is 12.1 Å². The maximum Gasteiger partial charge on any atom is 0.315 e. The van der Waals surface area contributed by atoms with Gasteiger partial charge in [0.2, 0.25) is 0 Å². The number of rotatable bonds is 5. The van der Waals surface area contributed by atoms with E-state index in [9.17, 15) is 9.18 Å². The van der Waals surface area contributed by atoms with E-state index >= 15 is 0 Å². The summed E-state index contributed by atoms with van der Waals surface area (Å²) in [5.74, 6) is -0.0958. The van der Waals surface area contributed by atoms with Gasteiger partial charge in [-0.05, 0) is 41.8 Å². The van der Waals surface area contributed by atoms with Crippen molar-refractivity contribution in [3.8, 4) is 5.75 Å². The minimum atomic E-state index is -0.318. The average Bonchev–Trinajstić information content (AvgIpc) is 2.47. The van der Waals surface area contributed by atoms with Crippen LogP contribution >= 0.6 is 0 Å². The Morgan fingerprint density at radius 3 is 2.52 bits per heavy atom. The second-order valence-corrected chi connectivity index (χ2v) is 4.66. The molecule has 0 saturated carbocycles. The number of benzene rings is 2. The predicted molar refractivity (Wildman–Crippen MR) is 78.4 cm³/mol. The zero-order valence-electron chi connectivity index (χ0n) is 11.5. The zero-order chi connectivity index (χ0) is 15.1. The van der Waals surface area contributed by atoms with E-state index in [0.717, 1.165) is 5.56 Å². The van der Waals surface area contributed by atoms with Gasteiger partial charge >= 0.3 is 6.03 Å². The van der Waals surface area contributed by atoms with Crippen molar-refractivity contribution in [2.24, 2.45) is 0 Å². The van der Waals surface area contributed by atoms with Gasteiger partial charge in [-0.3, -0.25) is 0 Å². The Hall–Kier alpha value is -2.56. The summed E-state index contributed by atoms with van der Waals surface area (Å²) in [7, 11) is 0. The number of hydrogen-bond acceptors (Lipinski definition) is 2. The topological polar surface area (TPSA) is 61.4 Å². The van der Waals surface area contributed by atoms with E-state index in [2.05, 4.69) is 10.6 Å². The van der Waals surface area contributed by atoms with Crippen molar-refractivity contribution in [1.82, 2.24) is 10.6 Å². The van der Waals surface area contributed by atoms with Gasteiger partial charge in [-0.1, -0.05) is 24.3 Å². The lowest BCUT2D eigenvalue weighted by molar-refractivity contribution is 0.240. The molecule has 0 aliphatic heterocycles. The summed E-state index contributed by atoms with van der Waals surface area (Å²) < 4.78 is 13.0. The van der Waals surface area contributed by atoms with Gasteiger partial charge in [0.25, 0.3) is 0 Å². The monoisotopic (exact) mass is 288 g/mol. The fourth-order valence-electron chi connectivity index (χ4n) is 1.87. The number of halogens is 1. The average molecular weight is 288 g/mol.